The fourth-order valence-corrected chi connectivity index (χ4v) is 8.93. The summed E-state index contributed by atoms with van der Waals surface area (Å²) in [5.74, 6) is 1.85. The number of rotatable bonds is 6. The molecule has 3 aliphatic heterocycles. The second kappa shape index (κ2) is 11.5. The lowest BCUT2D eigenvalue weighted by atomic mass is 9.61. The Hall–Kier alpha value is -5.62. The van der Waals surface area contributed by atoms with Crippen LogP contribution >= 0.6 is 0 Å². The Kier molecular flexibility index (Phi) is 6.94. The van der Waals surface area contributed by atoms with Gasteiger partial charge in [0.15, 0.2) is 11.6 Å². The predicted octanol–water partition coefficient (Wildman–Crippen LogP) is 10.1. The van der Waals surface area contributed by atoms with E-state index in [0.717, 1.165) is 46.9 Å². The zero-order valence-electron chi connectivity index (χ0n) is 28.2. The maximum Gasteiger partial charge on any atom is 0.179 e. The van der Waals surface area contributed by atoms with Gasteiger partial charge in [0.2, 0.25) is 0 Å². The molecule has 0 saturated carbocycles. The van der Waals surface area contributed by atoms with Crippen molar-refractivity contribution in [2.75, 3.05) is 19.6 Å². The summed E-state index contributed by atoms with van der Waals surface area (Å²) in [5, 5.41) is 0. The van der Waals surface area contributed by atoms with Gasteiger partial charge in [-0.25, -0.2) is 9.97 Å². The van der Waals surface area contributed by atoms with Gasteiger partial charge in [0.05, 0.1) is 11.0 Å². The lowest BCUT2D eigenvalue weighted by molar-refractivity contribution is 0.170. The first-order chi connectivity index (χ1) is 24.1. The molecule has 0 N–H and O–H groups in total. The van der Waals surface area contributed by atoms with Gasteiger partial charge in [-0.3, -0.25) is 0 Å². The molecule has 3 aliphatic rings. The van der Waals surface area contributed by atoms with Gasteiger partial charge in [0, 0.05) is 46.5 Å². The van der Waals surface area contributed by atoms with Gasteiger partial charge in [-0.05, 0) is 79.4 Å². The number of fused-ring (bicyclic) bond motifs is 5. The first kappa shape index (κ1) is 29.5. The fraction of sp³-hybridized carbons (Fsp3) is 0.209. The van der Waals surface area contributed by atoms with E-state index >= 15 is 0 Å². The third-order valence-electron chi connectivity index (χ3n) is 11.2. The Morgan fingerprint density at radius 2 is 1.06 bits per heavy atom. The van der Waals surface area contributed by atoms with E-state index < -0.39 is 0 Å². The Bertz CT molecular complexity index is 2180. The van der Waals surface area contributed by atoms with Crippen molar-refractivity contribution in [3.05, 3.63) is 157 Å². The molecule has 9 rings (SSSR count). The van der Waals surface area contributed by atoms with Crippen LogP contribution in [-0.4, -0.2) is 22.3 Å². The lowest BCUT2D eigenvalue weighted by Gasteiger charge is -2.57. The number of anilines is 6. The number of nitrogens with zero attached hydrogens (tertiary/aromatic N) is 6. The van der Waals surface area contributed by atoms with Gasteiger partial charge in [-0.15, -0.1) is 0 Å². The SMILES string of the molecule is CCC1(CC)c2ccccc2N2C=CN(c3ccccc3)C2C1C1N(c2ccccc2)c2nc3ccccc3nc2N1c1ccccc1C. The van der Waals surface area contributed by atoms with Gasteiger partial charge in [-0.1, -0.05) is 98.8 Å². The maximum absolute atomic E-state index is 5.46. The molecule has 0 aliphatic carbocycles. The van der Waals surface area contributed by atoms with E-state index in [1.807, 2.05) is 0 Å². The molecule has 0 fully saturated rings. The summed E-state index contributed by atoms with van der Waals surface area (Å²) in [4.78, 5) is 21.0. The molecule has 3 atom stereocenters. The average molecular weight is 641 g/mol. The molecule has 1 aromatic heterocycles. The topological polar surface area (TPSA) is 38.7 Å². The molecule has 6 aromatic rings. The van der Waals surface area contributed by atoms with Crippen LogP contribution in [0.2, 0.25) is 0 Å². The summed E-state index contributed by atoms with van der Waals surface area (Å²) in [7, 11) is 0. The summed E-state index contributed by atoms with van der Waals surface area (Å²) in [6.45, 7) is 6.99. The minimum Gasteiger partial charge on any atom is -0.325 e. The van der Waals surface area contributed by atoms with Crippen molar-refractivity contribution in [2.24, 2.45) is 5.92 Å². The Balaban J connectivity index is 1.39. The maximum atomic E-state index is 5.46. The van der Waals surface area contributed by atoms with E-state index in [1.54, 1.807) is 0 Å². The van der Waals surface area contributed by atoms with Crippen molar-refractivity contribution in [3.63, 3.8) is 0 Å². The van der Waals surface area contributed by atoms with Crippen molar-refractivity contribution >= 4 is 45.4 Å². The van der Waals surface area contributed by atoms with Gasteiger partial charge < -0.3 is 19.6 Å². The molecule has 0 radical (unpaired) electrons. The Morgan fingerprint density at radius 3 is 1.71 bits per heavy atom. The number of hydrogen-bond donors (Lipinski definition) is 0. The summed E-state index contributed by atoms with van der Waals surface area (Å²) >= 11 is 0. The van der Waals surface area contributed by atoms with Gasteiger partial charge in [0.25, 0.3) is 0 Å². The number of aryl methyl sites for hydroxylation is 1. The zero-order chi connectivity index (χ0) is 33.1. The van der Waals surface area contributed by atoms with E-state index in [1.165, 1.54) is 22.5 Å². The smallest absolute Gasteiger partial charge is 0.179 e. The van der Waals surface area contributed by atoms with E-state index in [4.69, 9.17) is 9.97 Å². The van der Waals surface area contributed by atoms with Gasteiger partial charge >= 0.3 is 0 Å². The third-order valence-corrected chi connectivity index (χ3v) is 11.2. The summed E-state index contributed by atoms with van der Waals surface area (Å²) in [5.41, 5.74) is 8.95. The van der Waals surface area contributed by atoms with Crippen LogP contribution in [0.1, 0.15) is 37.8 Å². The van der Waals surface area contributed by atoms with Crippen molar-refractivity contribution in [1.29, 1.82) is 0 Å². The van der Waals surface area contributed by atoms with Crippen LogP contribution in [0.3, 0.4) is 0 Å². The normalized spacial score (nSPS) is 20.4. The molecule has 5 aromatic carbocycles. The second-order valence-electron chi connectivity index (χ2n) is 13.4. The molecule has 6 heteroatoms. The highest BCUT2D eigenvalue weighted by Gasteiger charge is 2.60. The largest absolute Gasteiger partial charge is 0.325 e. The predicted molar refractivity (Wildman–Crippen MR) is 202 cm³/mol. The van der Waals surface area contributed by atoms with E-state index in [9.17, 15) is 0 Å². The molecule has 4 heterocycles. The Morgan fingerprint density at radius 1 is 0.531 bits per heavy atom. The molecule has 0 amide bonds. The van der Waals surface area contributed by atoms with E-state index in [-0.39, 0.29) is 23.7 Å². The minimum absolute atomic E-state index is 0.0105. The van der Waals surface area contributed by atoms with E-state index in [0.29, 0.717) is 0 Å². The number of benzene rings is 5. The molecule has 3 unspecified atom stereocenters. The van der Waals surface area contributed by atoms with Crippen LogP contribution in [0, 0.1) is 12.8 Å². The highest BCUT2D eigenvalue weighted by Crippen LogP contribution is 2.59. The first-order valence-electron chi connectivity index (χ1n) is 17.5. The van der Waals surface area contributed by atoms with Crippen LogP contribution in [-0.2, 0) is 5.41 Å². The molecule has 0 spiro atoms. The standard InChI is InChI=1S/C43H40N6/c1-4-43(5-2)33-23-13-17-27-37(33)47-29-28-46(31-19-8-6-9-20-31)41(47)38(43)42-48(32-21-10-7-11-22-32)39-40(45-35-25-15-14-24-34(35)44-39)49(42)36-26-16-12-18-30(36)3/h6-29,38,41-42H,4-5H2,1-3H3. The molecular formula is C43H40N6. The summed E-state index contributed by atoms with van der Waals surface area (Å²) in [6, 6.07) is 47.8. The molecule has 0 saturated heterocycles. The van der Waals surface area contributed by atoms with Crippen LogP contribution in [0.15, 0.2) is 146 Å². The molecule has 0 bridgehead atoms. The van der Waals surface area contributed by atoms with Crippen LogP contribution < -0.4 is 19.6 Å². The third kappa shape index (κ3) is 4.33. The van der Waals surface area contributed by atoms with Gasteiger partial charge in [-0.2, -0.15) is 0 Å². The number of aromatic nitrogens is 2. The van der Waals surface area contributed by atoms with Crippen molar-refractivity contribution in [2.45, 2.75) is 51.4 Å². The van der Waals surface area contributed by atoms with Crippen LogP contribution in [0.25, 0.3) is 11.0 Å². The molecule has 49 heavy (non-hydrogen) atoms. The quantitative estimate of drug-likeness (QED) is 0.180. The van der Waals surface area contributed by atoms with Crippen molar-refractivity contribution in [1.82, 2.24) is 9.97 Å². The molecule has 6 nitrogen and oxygen atoms in total. The van der Waals surface area contributed by atoms with Crippen LogP contribution in [0.5, 0.6) is 0 Å². The minimum atomic E-state index is -0.184. The van der Waals surface area contributed by atoms with E-state index in [2.05, 4.69) is 186 Å². The van der Waals surface area contributed by atoms with Crippen molar-refractivity contribution in [3.8, 4) is 0 Å². The van der Waals surface area contributed by atoms with Gasteiger partial charge in [0.1, 0.15) is 12.3 Å². The molecular weight excluding hydrogens is 601 g/mol. The van der Waals surface area contributed by atoms with Crippen LogP contribution in [0.4, 0.5) is 34.4 Å². The average Bonchev–Trinajstić information content (AvgIpc) is 3.74. The second-order valence-corrected chi connectivity index (χ2v) is 13.4. The lowest BCUT2D eigenvalue weighted by Crippen LogP contribution is -2.65. The Labute approximate surface area is 288 Å². The van der Waals surface area contributed by atoms with Crippen molar-refractivity contribution < 1.29 is 0 Å². The number of para-hydroxylation sites is 6. The number of hydrogen-bond acceptors (Lipinski definition) is 6. The monoisotopic (exact) mass is 640 g/mol. The first-order valence-corrected chi connectivity index (χ1v) is 17.5. The molecule has 242 valence electrons. The fourth-order valence-electron chi connectivity index (χ4n) is 8.93. The zero-order valence-corrected chi connectivity index (χ0v) is 28.2. The summed E-state index contributed by atoms with van der Waals surface area (Å²) in [6.07, 6.45) is 6.36. The summed E-state index contributed by atoms with van der Waals surface area (Å²) < 4.78 is 0. The highest BCUT2D eigenvalue weighted by atomic mass is 15.5. The highest BCUT2D eigenvalue weighted by molar-refractivity contribution is 5.90.